The summed E-state index contributed by atoms with van der Waals surface area (Å²) < 4.78 is 12.7. The number of hydrogen-bond donors (Lipinski definition) is 2. The maximum atomic E-state index is 12.7. The number of hydrogen-bond acceptors (Lipinski definition) is 3. The maximum Gasteiger partial charge on any atom is 0.240 e. The number of primary amides is 1. The molecule has 0 saturated heterocycles. The highest BCUT2D eigenvalue weighted by atomic mass is 19.1. The van der Waals surface area contributed by atoms with Crippen molar-refractivity contribution in [3.63, 3.8) is 0 Å². The third-order valence-corrected chi connectivity index (χ3v) is 2.77. The molecule has 1 aromatic rings. The molecule has 0 heterocycles. The lowest BCUT2D eigenvalue weighted by Crippen LogP contribution is -2.45. The van der Waals surface area contributed by atoms with Gasteiger partial charge in [-0.2, -0.15) is 5.26 Å². The van der Waals surface area contributed by atoms with Gasteiger partial charge in [-0.3, -0.25) is 9.59 Å². The molecule has 1 rings (SSSR count). The number of rotatable bonds is 6. The van der Waals surface area contributed by atoms with Gasteiger partial charge in [-0.25, -0.2) is 4.39 Å². The molecule has 20 heavy (non-hydrogen) atoms. The van der Waals surface area contributed by atoms with Gasteiger partial charge in [0.05, 0.1) is 12.5 Å². The van der Waals surface area contributed by atoms with Gasteiger partial charge in [0.25, 0.3) is 0 Å². The normalized spacial score (nSPS) is 13.1. The number of amides is 2. The maximum absolute atomic E-state index is 12.7. The van der Waals surface area contributed by atoms with Crippen molar-refractivity contribution in [2.45, 2.75) is 25.8 Å². The molecule has 0 spiro atoms. The Bertz CT molecular complexity index is 522. The van der Waals surface area contributed by atoms with E-state index in [0.29, 0.717) is 5.56 Å². The molecule has 106 valence electrons. The summed E-state index contributed by atoms with van der Waals surface area (Å²) in [7, 11) is 0. The van der Waals surface area contributed by atoms with Gasteiger partial charge < -0.3 is 11.1 Å². The van der Waals surface area contributed by atoms with Crippen molar-refractivity contribution in [3.05, 3.63) is 35.6 Å². The standard InChI is InChI=1S/C14H16FN3O2/c1-9(8-16)6-12(14(17)20)18-13(19)7-10-2-4-11(15)5-3-10/h2-5,9,12H,6-7H2,1H3,(H2,17,20)(H,18,19)/t9-,12+/m1/s1. The second-order valence-corrected chi connectivity index (χ2v) is 4.59. The van der Waals surface area contributed by atoms with Gasteiger partial charge in [0, 0.05) is 5.92 Å². The summed E-state index contributed by atoms with van der Waals surface area (Å²) in [5.41, 5.74) is 5.81. The van der Waals surface area contributed by atoms with Gasteiger partial charge in [0.2, 0.25) is 11.8 Å². The van der Waals surface area contributed by atoms with Crippen LogP contribution in [-0.4, -0.2) is 17.9 Å². The molecule has 0 unspecified atom stereocenters. The zero-order chi connectivity index (χ0) is 15.1. The largest absolute Gasteiger partial charge is 0.368 e. The van der Waals surface area contributed by atoms with E-state index in [1.165, 1.54) is 24.3 Å². The molecule has 5 nitrogen and oxygen atoms in total. The molecular weight excluding hydrogens is 261 g/mol. The van der Waals surface area contributed by atoms with Crippen LogP contribution in [0.25, 0.3) is 0 Å². The second kappa shape index (κ2) is 7.24. The van der Waals surface area contributed by atoms with Crippen LogP contribution in [-0.2, 0) is 16.0 Å². The van der Waals surface area contributed by atoms with E-state index in [0.717, 1.165) is 0 Å². The van der Waals surface area contributed by atoms with E-state index in [1.54, 1.807) is 6.92 Å². The Kier molecular flexibility index (Phi) is 5.66. The lowest BCUT2D eigenvalue weighted by atomic mass is 10.0. The Morgan fingerprint density at radius 3 is 2.50 bits per heavy atom. The monoisotopic (exact) mass is 277 g/mol. The van der Waals surface area contributed by atoms with Crippen molar-refractivity contribution in [1.82, 2.24) is 5.32 Å². The molecule has 0 bridgehead atoms. The first-order chi connectivity index (χ1) is 9.42. The summed E-state index contributed by atoms with van der Waals surface area (Å²) in [6, 6.07) is 6.60. The first-order valence-electron chi connectivity index (χ1n) is 6.15. The van der Waals surface area contributed by atoms with E-state index in [2.05, 4.69) is 5.32 Å². The Hall–Kier alpha value is -2.42. The molecule has 2 amide bonds. The minimum Gasteiger partial charge on any atom is -0.368 e. The van der Waals surface area contributed by atoms with Crippen molar-refractivity contribution in [2.24, 2.45) is 11.7 Å². The highest BCUT2D eigenvalue weighted by Gasteiger charge is 2.20. The first-order valence-corrected chi connectivity index (χ1v) is 6.15. The lowest BCUT2D eigenvalue weighted by Gasteiger charge is -2.16. The SMILES string of the molecule is C[C@@H](C#N)C[C@H](NC(=O)Cc1ccc(F)cc1)C(N)=O. The van der Waals surface area contributed by atoms with Crippen molar-refractivity contribution in [2.75, 3.05) is 0 Å². The molecule has 0 fully saturated rings. The Balaban J connectivity index is 2.60. The van der Waals surface area contributed by atoms with Gasteiger partial charge in [-0.1, -0.05) is 12.1 Å². The Morgan fingerprint density at radius 2 is 2.00 bits per heavy atom. The number of nitrogens with two attached hydrogens (primary N) is 1. The highest BCUT2D eigenvalue weighted by molar-refractivity contribution is 5.87. The molecule has 2 atom stereocenters. The molecule has 6 heteroatoms. The predicted molar refractivity (Wildman–Crippen MR) is 70.6 cm³/mol. The minimum atomic E-state index is -0.877. The topological polar surface area (TPSA) is 96.0 Å². The summed E-state index contributed by atoms with van der Waals surface area (Å²) in [6.07, 6.45) is 0.186. The van der Waals surface area contributed by atoms with E-state index in [-0.39, 0.29) is 18.7 Å². The van der Waals surface area contributed by atoms with E-state index in [9.17, 15) is 14.0 Å². The van der Waals surface area contributed by atoms with E-state index < -0.39 is 23.8 Å². The number of nitrogens with zero attached hydrogens (tertiary/aromatic N) is 1. The van der Waals surface area contributed by atoms with Crippen molar-refractivity contribution in [3.8, 4) is 6.07 Å². The Morgan fingerprint density at radius 1 is 1.40 bits per heavy atom. The molecule has 0 aliphatic heterocycles. The van der Waals surface area contributed by atoms with E-state index in [4.69, 9.17) is 11.0 Å². The molecule has 0 aliphatic carbocycles. The summed E-state index contributed by atoms with van der Waals surface area (Å²) in [5, 5.41) is 11.2. The summed E-state index contributed by atoms with van der Waals surface area (Å²) in [5.74, 6) is -1.85. The zero-order valence-corrected chi connectivity index (χ0v) is 11.1. The molecule has 1 aromatic carbocycles. The number of benzene rings is 1. The summed E-state index contributed by atoms with van der Waals surface area (Å²) in [6.45, 7) is 1.64. The quantitative estimate of drug-likeness (QED) is 0.808. The van der Waals surface area contributed by atoms with Crippen molar-refractivity contribution < 1.29 is 14.0 Å². The van der Waals surface area contributed by atoms with Gasteiger partial charge >= 0.3 is 0 Å². The molecule has 0 radical (unpaired) electrons. The fraction of sp³-hybridized carbons (Fsp3) is 0.357. The van der Waals surface area contributed by atoms with E-state index >= 15 is 0 Å². The van der Waals surface area contributed by atoms with Crippen LogP contribution in [0.1, 0.15) is 18.9 Å². The highest BCUT2D eigenvalue weighted by Crippen LogP contribution is 2.06. The predicted octanol–water partition coefficient (Wildman–Crippen LogP) is 0.888. The average molecular weight is 277 g/mol. The van der Waals surface area contributed by atoms with Crippen LogP contribution in [0.5, 0.6) is 0 Å². The van der Waals surface area contributed by atoms with E-state index in [1.807, 2.05) is 6.07 Å². The molecule has 0 saturated carbocycles. The van der Waals surface area contributed by atoms with Gasteiger partial charge in [0.15, 0.2) is 0 Å². The third kappa shape index (κ3) is 5.06. The van der Waals surface area contributed by atoms with Crippen LogP contribution in [0.3, 0.4) is 0 Å². The second-order valence-electron chi connectivity index (χ2n) is 4.59. The molecule has 3 N–H and O–H groups in total. The fourth-order valence-electron chi connectivity index (χ4n) is 1.69. The van der Waals surface area contributed by atoms with Crippen LogP contribution in [0.2, 0.25) is 0 Å². The van der Waals surface area contributed by atoms with Gasteiger partial charge in [0.1, 0.15) is 11.9 Å². The van der Waals surface area contributed by atoms with Crippen LogP contribution in [0.15, 0.2) is 24.3 Å². The van der Waals surface area contributed by atoms with Crippen molar-refractivity contribution >= 4 is 11.8 Å². The number of carbonyl (C=O) groups is 2. The fourth-order valence-corrected chi connectivity index (χ4v) is 1.69. The number of carbonyl (C=O) groups excluding carboxylic acids is 2. The van der Waals surface area contributed by atoms with Crippen LogP contribution in [0, 0.1) is 23.1 Å². The number of nitriles is 1. The van der Waals surface area contributed by atoms with Gasteiger partial charge in [-0.15, -0.1) is 0 Å². The molecule has 0 aromatic heterocycles. The Labute approximate surface area is 116 Å². The average Bonchev–Trinajstić information content (AvgIpc) is 2.40. The minimum absolute atomic E-state index is 0.0188. The number of nitrogens with one attached hydrogen (secondary N) is 1. The van der Waals surface area contributed by atoms with Crippen LogP contribution >= 0.6 is 0 Å². The zero-order valence-electron chi connectivity index (χ0n) is 11.1. The molecule has 0 aliphatic rings. The first kappa shape index (κ1) is 15.6. The van der Waals surface area contributed by atoms with Gasteiger partial charge in [-0.05, 0) is 31.0 Å². The van der Waals surface area contributed by atoms with Crippen LogP contribution < -0.4 is 11.1 Å². The summed E-state index contributed by atoms with van der Waals surface area (Å²) >= 11 is 0. The van der Waals surface area contributed by atoms with Crippen molar-refractivity contribution in [1.29, 1.82) is 5.26 Å². The van der Waals surface area contributed by atoms with Crippen LogP contribution in [0.4, 0.5) is 4.39 Å². The number of halogens is 1. The molecular formula is C14H16FN3O2. The summed E-state index contributed by atoms with van der Waals surface area (Å²) in [4.78, 5) is 23.0. The lowest BCUT2D eigenvalue weighted by molar-refractivity contribution is -0.127. The third-order valence-electron chi connectivity index (χ3n) is 2.77. The smallest absolute Gasteiger partial charge is 0.240 e.